The zero-order valence-electron chi connectivity index (χ0n) is 19.5. The van der Waals surface area contributed by atoms with Crippen LogP contribution in [-0.2, 0) is 0 Å². The lowest BCUT2D eigenvalue weighted by Crippen LogP contribution is -2.23. The third-order valence-electron chi connectivity index (χ3n) is 6.59. The zero-order valence-corrected chi connectivity index (χ0v) is 19.5. The third-order valence-corrected chi connectivity index (χ3v) is 6.59. The number of ether oxygens (including phenoxy) is 1. The fourth-order valence-corrected chi connectivity index (χ4v) is 5.09. The Kier molecular flexibility index (Phi) is 10.9. The number of hydrogen-bond donors (Lipinski definition) is 2. The molecule has 2 aliphatic carbocycles. The summed E-state index contributed by atoms with van der Waals surface area (Å²) in [5.74, 6) is 3.89. The molecule has 0 radical (unpaired) electrons. The molecule has 0 spiro atoms. The van der Waals surface area contributed by atoms with E-state index in [1.165, 1.54) is 63.4 Å². The fourth-order valence-electron chi connectivity index (χ4n) is 5.09. The second-order valence-corrected chi connectivity index (χ2v) is 9.01. The van der Waals surface area contributed by atoms with Gasteiger partial charge in [-0.1, -0.05) is 57.2 Å². The summed E-state index contributed by atoms with van der Waals surface area (Å²) in [5.41, 5.74) is 13.9. The van der Waals surface area contributed by atoms with Gasteiger partial charge in [0.15, 0.2) is 0 Å². The van der Waals surface area contributed by atoms with Crippen molar-refractivity contribution in [2.75, 3.05) is 6.61 Å². The highest BCUT2D eigenvalue weighted by Crippen LogP contribution is 2.43. The summed E-state index contributed by atoms with van der Waals surface area (Å²) in [6.45, 7) is 6.65. The van der Waals surface area contributed by atoms with Crippen molar-refractivity contribution >= 4 is 0 Å². The Morgan fingerprint density at radius 2 is 1.50 bits per heavy atom. The molecule has 1 aromatic rings. The highest BCUT2D eigenvalue weighted by Gasteiger charge is 2.28. The van der Waals surface area contributed by atoms with Crippen molar-refractivity contribution in [1.29, 1.82) is 0 Å². The van der Waals surface area contributed by atoms with Crippen LogP contribution >= 0.6 is 0 Å². The van der Waals surface area contributed by atoms with Gasteiger partial charge in [-0.05, 0) is 87.5 Å². The first kappa shape index (κ1) is 24.4. The minimum atomic E-state index is 0.747. The number of nitrogens with two attached hydrogens (primary N) is 2. The molecule has 30 heavy (non-hydrogen) atoms. The minimum absolute atomic E-state index is 0.747. The molecule has 0 aliphatic heterocycles. The van der Waals surface area contributed by atoms with Gasteiger partial charge in [-0.3, -0.25) is 0 Å². The summed E-state index contributed by atoms with van der Waals surface area (Å²) in [6, 6.07) is 8.87. The molecule has 3 heteroatoms. The van der Waals surface area contributed by atoms with E-state index in [2.05, 4.69) is 24.3 Å². The van der Waals surface area contributed by atoms with Crippen LogP contribution in [0, 0.1) is 11.8 Å². The Morgan fingerprint density at radius 3 is 2.03 bits per heavy atom. The van der Waals surface area contributed by atoms with E-state index in [4.69, 9.17) is 16.2 Å². The molecule has 2 aliphatic rings. The van der Waals surface area contributed by atoms with E-state index in [0.717, 1.165) is 47.9 Å². The van der Waals surface area contributed by atoms with Gasteiger partial charge >= 0.3 is 0 Å². The monoisotopic (exact) mass is 412 g/mol. The Morgan fingerprint density at radius 1 is 0.900 bits per heavy atom. The lowest BCUT2D eigenvalue weighted by Gasteiger charge is -2.36. The van der Waals surface area contributed by atoms with Crippen LogP contribution in [-0.4, -0.2) is 6.61 Å². The second kappa shape index (κ2) is 13.4. The van der Waals surface area contributed by atoms with E-state index in [1.807, 2.05) is 26.8 Å². The molecule has 0 unspecified atom stereocenters. The average molecular weight is 413 g/mol. The Hall–Kier alpha value is -1.90. The molecule has 3 rings (SSSR count). The van der Waals surface area contributed by atoms with Crippen molar-refractivity contribution in [2.24, 2.45) is 23.3 Å². The first-order chi connectivity index (χ1) is 14.5. The van der Waals surface area contributed by atoms with Gasteiger partial charge in [0.2, 0.25) is 0 Å². The molecule has 0 atom stereocenters. The van der Waals surface area contributed by atoms with E-state index < -0.39 is 0 Å². The predicted molar refractivity (Wildman–Crippen MR) is 129 cm³/mol. The summed E-state index contributed by atoms with van der Waals surface area (Å²) in [7, 11) is 0. The van der Waals surface area contributed by atoms with E-state index in [-0.39, 0.29) is 0 Å². The molecular weight excluding hydrogens is 368 g/mol. The lowest BCUT2D eigenvalue weighted by molar-refractivity contribution is 0.186. The smallest absolute Gasteiger partial charge is 0.119 e. The predicted octanol–water partition coefficient (Wildman–Crippen LogP) is 7.04. The number of allylic oxidation sites excluding steroid dienone is 3. The lowest BCUT2D eigenvalue weighted by atomic mass is 9.70. The van der Waals surface area contributed by atoms with Gasteiger partial charge in [0.1, 0.15) is 5.75 Å². The minimum Gasteiger partial charge on any atom is -0.494 e. The molecule has 2 fully saturated rings. The molecule has 0 saturated heterocycles. The molecule has 0 amide bonds. The molecule has 2 saturated carbocycles. The maximum atomic E-state index is 5.54. The van der Waals surface area contributed by atoms with Crippen LogP contribution < -0.4 is 16.2 Å². The highest BCUT2D eigenvalue weighted by atomic mass is 16.5. The molecule has 0 bridgehead atoms. The normalized spacial score (nSPS) is 23.4. The van der Waals surface area contributed by atoms with Crippen LogP contribution in [0.4, 0.5) is 0 Å². The van der Waals surface area contributed by atoms with E-state index >= 15 is 0 Å². The van der Waals surface area contributed by atoms with Gasteiger partial charge in [-0.2, -0.15) is 0 Å². The highest BCUT2D eigenvalue weighted by molar-refractivity contribution is 5.29. The van der Waals surface area contributed by atoms with Gasteiger partial charge < -0.3 is 16.2 Å². The van der Waals surface area contributed by atoms with Crippen LogP contribution in [0.5, 0.6) is 5.75 Å². The molecule has 3 nitrogen and oxygen atoms in total. The summed E-state index contributed by atoms with van der Waals surface area (Å²) >= 11 is 0. The Bertz CT molecular complexity index is 644. The molecular formula is C27H44N2O. The topological polar surface area (TPSA) is 61.3 Å². The summed E-state index contributed by atoms with van der Waals surface area (Å²) in [4.78, 5) is 0. The van der Waals surface area contributed by atoms with Crippen LogP contribution in [0.15, 0.2) is 47.8 Å². The van der Waals surface area contributed by atoms with Crippen LogP contribution in [0.3, 0.4) is 0 Å². The quantitative estimate of drug-likeness (QED) is 0.492. The summed E-state index contributed by atoms with van der Waals surface area (Å²) in [6.07, 6.45) is 17.8. The van der Waals surface area contributed by atoms with E-state index in [1.54, 1.807) is 6.08 Å². The van der Waals surface area contributed by atoms with Crippen molar-refractivity contribution < 1.29 is 4.74 Å². The van der Waals surface area contributed by atoms with E-state index in [9.17, 15) is 0 Å². The molecule has 4 N–H and O–H groups in total. The first-order valence-corrected chi connectivity index (χ1v) is 12.2. The number of benzene rings is 1. The standard InChI is InChI=1S/C20H30O.C7H14N2/c1-2-21-20-14-12-19(13-15-20)18-10-8-17(9-11-18)16-6-4-3-5-7-16;1-3-4-7(9)5-6(2)8/h12-18H,2-11H2,1H3;4-5H,3,8-9H2,1-2H3/b;6-5+,7-4+. The molecule has 0 heterocycles. The van der Waals surface area contributed by atoms with Crippen LogP contribution in [0.1, 0.15) is 96.5 Å². The van der Waals surface area contributed by atoms with Gasteiger partial charge in [0, 0.05) is 11.4 Å². The van der Waals surface area contributed by atoms with Gasteiger partial charge in [0.25, 0.3) is 0 Å². The summed E-state index contributed by atoms with van der Waals surface area (Å²) < 4.78 is 5.54. The third kappa shape index (κ3) is 8.45. The Balaban J connectivity index is 0.000000303. The largest absolute Gasteiger partial charge is 0.494 e. The summed E-state index contributed by atoms with van der Waals surface area (Å²) in [5, 5.41) is 0. The maximum Gasteiger partial charge on any atom is 0.119 e. The van der Waals surface area contributed by atoms with Gasteiger partial charge in [-0.15, -0.1) is 0 Å². The van der Waals surface area contributed by atoms with Gasteiger partial charge in [-0.25, -0.2) is 0 Å². The van der Waals surface area contributed by atoms with E-state index in [0.29, 0.717) is 0 Å². The maximum absolute atomic E-state index is 5.54. The molecule has 168 valence electrons. The van der Waals surface area contributed by atoms with Gasteiger partial charge in [0.05, 0.1) is 6.61 Å². The zero-order chi connectivity index (χ0) is 21.8. The van der Waals surface area contributed by atoms with Crippen molar-refractivity contribution in [3.8, 4) is 5.75 Å². The second-order valence-electron chi connectivity index (χ2n) is 9.01. The SMILES string of the molecule is CC/C=C(N)\C=C(/C)N.CCOc1ccc(C2CCC(C3CCCCC3)CC2)cc1. The van der Waals surface area contributed by atoms with Crippen LogP contribution in [0.25, 0.3) is 0 Å². The van der Waals surface area contributed by atoms with Crippen molar-refractivity contribution in [3.05, 3.63) is 53.4 Å². The van der Waals surface area contributed by atoms with Crippen molar-refractivity contribution in [1.82, 2.24) is 0 Å². The molecule has 0 aromatic heterocycles. The van der Waals surface area contributed by atoms with Crippen molar-refractivity contribution in [3.63, 3.8) is 0 Å². The van der Waals surface area contributed by atoms with Crippen molar-refractivity contribution in [2.45, 2.75) is 90.9 Å². The fraction of sp³-hybridized carbons (Fsp3) is 0.630. The first-order valence-electron chi connectivity index (χ1n) is 12.2. The Labute approximate surface area is 185 Å². The van der Waals surface area contributed by atoms with Crippen LogP contribution in [0.2, 0.25) is 0 Å². The number of rotatable bonds is 6. The molecule has 1 aromatic carbocycles. The number of hydrogen-bond acceptors (Lipinski definition) is 3. The average Bonchev–Trinajstić information content (AvgIpc) is 2.75.